The molecule has 0 aliphatic carbocycles. The Bertz CT molecular complexity index is 393. The molecule has 1 aromatic carbocycles. The van der Waals surface area contributed by atoms with Crippen molar-refractivity contribution in [1.82, 2.24) is 5.32 Å². The summed E-state index contributed by atoms with van der Waals surface area (Å²) in [6.07, 6.45) is 2.05. The molecule has 0 bridgehead atoms. The van der Waals surface area contributed by atoms with Crippen molar-refractivity contribution in [1.29, 1.82) is 0 Å². The van der Waals surface area contributed by atoms with Crippen molar-refractivity contribution in [2.45, 2.75) is 32.7 Å². The molecule has 0 fully saturated rings. The molecule has 0 spiro atoms. The third-order valence-electron chi connectivity index (χ3n) is 2.80. The number of benzene rings is 1. The number of rotatable bonds is 6. The van der Waals surface area contributed by atoms with Crippen molar-refractivity contribution in [3.63, 3.8) is 0 Å². The maximum atomic E-state index is 5.74. The number of nitrogens with one attached hydrogen (secondary N) is 1. The second kappa shape index (κ2) is 7.67. The van der Waals surface area contributed by atoms with Crippen LogP contribution in [0.25, 0.3) is 0 Å². The number of hydrogen-bond acceptors (Lipinski definition) is 2. The van der Waals surface area contributed by atoms with Gasteiger partial charge in [0.05, 0.1) is 0 Å². The first-order valence-corrected chi connectivity index (χ1v) is 6.81. The first kappa shape index (κ1) is 15.3. The summed E-state index contributed by atoms with van der Waals surface area (Å²) in [5.74, 6) is 0.540. The van der Waals surface area contributed by atoms with Crippen LogP contribution in [0, 0.1) is 0 Å². The van der Waals surface area contributed by atoms with Crippen LogP contribution in [0.15, 0.2) is 29.3 Å². The van der Waals surface area contributed by atoms with Gasteiger partial charge in [0.25, 0.3) is 0 Å². The maximum Gasteiger partial charge on any atom is 0.188 e. The number of aryl methyl sites for hydroxylation is 1. The van der Waals surface area contributed by atoms with Gasteiger partial charge in [0.15, 0.2) is 5.96 Å². The van der Waals surface area contributed by atoms with Gasteiger partial charge in [-0.05, 0) is 44.4 Å². The Kier molecular flexibility index (Phi) is 6.19. The molecule has 0 aliphatic heterocycles. The molecule has 0 aromatic heterocycles. The predicted molar refractivity (Wildman–Crippen MR) is 83.9 cm³/mol. The van der Waals surface area contributed by atoms with Crippen LogP contribution in [0.1, 0.15) is 25.8 Å². The zero-order chi connectivity index (χ0) is 14.3. The van der Waals surface area contributed by atoms with E-state index in [0.29, 0.717) is 12.0 Å². The van der Waals surface area contributed by atoms with Gasteiger partial charge in [-0.25, -0.2) is 0 Å². The average Bonchev–Trinajstić information content (AvgIpc) is 2.34. The molecule has 0 aliphatic rings. The number of guanidine groups is 1. The second-order valence-electron chi connectivity index (χ2n) is 5.23. The van der Waals surface area contributed by atoms with E-state index in [1.165, 1.54) is 11.3 Å². The Morgan fingerprint density at radius 1 is 1.26 bits per heavy atom. The van der Waals surface area contributed by atoms with Gasteiger partial charge >= 0.3 is 0 Å². The largest absolute Gasteiger partial charge is 0.378 e. The van der Waals surface area contributed by atoms with Gasteiger partial charge in [0, 0.05) is 32.4 Å². The van der Waals surface area contributed by atoms with E-state index >= 15 is 0 Å². The van der Waals surface area contributed by atoms with Gasteiger partial charge in [0.1, 0.15) is 0 Å². The Balaban J connectivity index is 2.33. The minimum Gasteiger partial charge on any atom is -0.378 e. The summed E-state index contributed by atoms with van der Waals surface area (Å²) in [6.45, 7) is 4.87. The summed E-state index contributed by atoms with van der Waals surface area (Å²) >= 11 is 0. The van der Waals surface area contributed by atoms with Crippen molar-refractivity contribution in [3.05, 3.63) is 29.8 Å². The summed E-state index contributed by atoms with van der Waals surface area (Å²) in [5.41, 5.74) is 8.31. The molecule has 0 heterocycles. The van der Waals surface area contributed by atoms with Crippen LogP contribution in [0.2, 0.25) is 0 Å². The lowest BCUT2D eigenvalue weighted by Gasteiger charge is -2.12. The fourth-order valence-corrected chi connectivity index (χ4v) is 1.78. The highest BCUT2D eigenvalue weighted by Crippen LogP contribution is 2.13. The van der Waals surface area contributed by atoms with E-state index in [1.807, 2.05) is 14.1 Å². The normalized spacial score (nSPS) is 11.7. The molecule has 1 aromatic rings. The van der Waals surface area contributed by atoms with E-state index < -0.39 is 0 Å². The predicted octanol–water partition coefficient (Wildman–Crippen LogP) is 2.00. The fraction of sp³-hybridized carbons (Fsp3) is 0.533. The number of hydrogen-bond donors (Lipinski definition) is 2. The van der Waals surface area contributed by atoms with Crippen LogP contribution in [-0.2, 0) is 6.42 Å². The highest BCUT2D eigenvalue weighted by atomic mass is 15.1. The fourth-order valence-electron chi connectivity index (χ4n) is 1.78. The first-order valence-electron chi connectivity index (χ1n) is 6.81. The lowest BCUT2D eigenvalue weighted by Crippen LogP contribution is -2.36. The molecule has 3 N–H and O–H groups in total. The van der Waals surface area contributed by atoms with Gasteiger partial charge in [-0.3, -0.25) is 4.99 Å². The lowest BCUT2D eigenvalue weighted by atomic mass is 10.1. The van der Waals surface area contributed by atoms with Crippen LogP contribution in [0.3, 0.4) is 0 Å². The van der Waals surface area contributed by atoms with Gasteiger partial charge in [-0.15, -0.1) is 0 Å². The Labute approximate surface area is 116 Å². The van der Waals surface area contributed by atoms with Gasteiger partial charge in [0.2, 0.25) is 0 Å². The zero-order valence-corrected chi connectivity index (χ0v) is 12.5. The van der Waals surface area contributed by atoms with Crippen molar-refractivity contribution in [2.75, 3.05) is 25.5 Å². The van der Waals surface area contributed by atoms with Crippen LogP contribution in [-0.4, -0.2) is 32.6 Å². The SMILES string of the molecule is CC(C)NC(N)=NCCCc1ccc(N(C)C)cc1. The van der Waals surface area contributed by atoms with E-state index in [2.05, 4.69) is 53.3 Å². The number of anilines is 1. The smallest absolute Gasteiger partial charge is 0.188 e. The van der Waals surface area contributed by atoms with Crippen molar-refractivity contribution in [2.24, 2.45) is 10.7 Å². The van der Waals surface area contributed by atoms with E-state index in [1.54, 1.807) is 0 Å². The zero-order valence-electron chi connectivity index (χ0n) is 12.5. The molecule has 0 amide bonds. The summed E-state index contributed by atoms with van der Waals surface area (Å²) in [5, 5.41) is 3.08. The molecule has 4 heteroatoms. The number of nitrogens with zero attached hydrogens (tertiary/aromatic N) is 2. The second-order valence-corrected chi connectivity index (χ2v) is 5.23. The molecule has 106 valence electrons. The van der Waals surface area contributed by atoms with Crippen molar-refractivity contribution < 1.29 is 0 Å². The van der Waals surface area contributed by atoms with E-state index in [0.717, 1.165) is 19.4 Å². The summed E-state index contributed by atoms with van der Waals surface area (Å²) in [6, 6.07) is 8.98. The minimum absolute atomic E-state index is 0.335. The number of nitrogens with two attached hydrogens (primary N) is 1. The first-order chi connectivity index (χ1) is 8.99. The van der Waals surface area contributed by atoms with Crippen LogP contribution >= 0.6 is 0 Å². The monoisotopic (exact) mass is 262 g/mol. The molecule has 4 nitrogen and oxygen atoms in total. The average molecular weight is 262 g/mol. The van der Waals surface area contributed by atoms with Crippen molar-refractivity contribution in [3.8, 4) is 0 Å². The third-order valence-corrected chi connectivity index (χ3v) is 2.80. The summed E-state index contributed by atoms with van der Waals surface area (Å²) < 4.78 is 0. The molecule has 0 atom stereocenters. The lowest BCUT2D eigenvalue weighted by molar-refractivity contribution is 0.719. The van der Waals surface area contributed by atoms with Crippen LogP contribution in [0.5, 0.6) is 0 Å². The van der Waals surface area contributed by atoms with Gasteiger partial charge in [-0.1, -0.05) is 12.1 Å². The molecular formula is C15H26N4. The minimum atomic E-state index is 0.335. The highest BCUT2D eigenvalue weighted by Gasteiger charge is 1.97. The van der Waals surface area contributed by atoms with E-state index in [4.69, 9.17) is 5.73 Å². The summed E-state index contributed by atoms with van der Waals surface area (Å²) in [7, 11) is 4.10. The topological polar surface area (TPSA) is 53.6 Å². The Hall–Kier alpha value is -1.71. The molecule has 0 saturated heterocycles. The van der Waals surface area contributed by atoms with E-state index in [-0.39, 0.29) is 0 Å². The number of aliphatic imine (C=N–C) groups is 1. The van der Waals surface area contributed by atoms with Crippen LogP contribution in [0.4, 0.5) is 5.69 Å². The molecular weight excluding hydrogens is 236 g/mol. The van der Waals surface area contributed by atoms with E-state index in [9.17, 15) is 0 Å². The maximum absolute atomic E-state index is 5.74. The standard InChI is InChI=1S/C15H26N4/c1-12(2)18-15(16)17-11-5-6-13-7-9-14(10-8-13)19(3)4/h7-10,12H,5-6,11H2,1-4H3,(H3,16,17,18). The quantitative estimate of drug-likeness (QED) is 0.468. The Morgan fingerprint density at radius 2 is 1.89 bits per heavy atom. The molecule has 0 radical (unpaired) electrons. The Morgan fingerprint density at radius 3 is 2.42 bits per heavy atom. The highest BCUT2D eigenvalue weighted by molar-refractivity contribution is 5.78. The molecule has 0 unspecified atom stereocenters. The third kappa shape index (κ3) is 6.13. The van der Waals surface area contributed by atoms with Crippen LogP contribution < -0.4 is 16.0 Å². The molecule has 1 rings (SSSR count). The molecule has 19 heavy (non-hydrogen) atoms. The summed E-state index contributed by atoms with van der Waals surface area (Å²) in [4.78, 5) is 6.40. The van der Waals surface area contributed by atoms with Crippen molar-refractivity contribution >= 4 is 11.6 Å². The van der Waals surface area contributed by atoms with Gasteiger partial charge in [-0.2, -0.15) is 0 Å². The van der Waals surface area contributed by atoms with Gasteiger partial charge < -0.3 is 16.0 Å². The molecule has 0 saturated carbocycles.